The van der Waals surface area contributed by atoms with E-state index in [2.05, 4.69) is 31.6 Å². The molecule has 14 nitrogen and oxygen atoms in total. The number of aromatic nitrogens is 2. The first kappa shape index (κ1) is 34.7. The predicted molar refractivity (Wildman–Crippen MR) is 165 cm³/mol. The molecule has 5 N–H and O–H groups in total. The van der Waals surface area contributed by atoms with Crippen LogP contribution in [0.3, 0.4) is 0 Å². The summed E-state index contributed by atoms with van der Waals surface area (Å²) in [6.45, 7) is 6.59. The van der Waals surface area contributed by atoms with E-state index in [0.29, 0.717) is 12.2 Å². The highest BCUT2D eigenvalue weighted by Crippen LogP contribution is 2.09. The van der Waals surface area contributed by atoms with Crippen LogP contribution >= 0.6 is 0 Å². The zero-order chi connectivity index (χ0) is 33.1. The van der Waals surface area contributed by atoms with Crippen LogP contribution in [-0.2, 0) is 41.7 Å². The minimum absolute atomic E-state index is 0.0568. The number of hydrogen-bond acceptors (Lipinski definition) is 7. The van der Waals surface area contributed by atoms with Crippen molar-refractivity contribution in [3.05, 3.63) is 54.1 Å². The second-order valence-electron chi connectivity index (χ2n) is 11.6. The maximum Gasteiger partial charge on any atom is 0.245 e. The Bertz CT molecular complexity index is 1360. The molecule has 0 aliphatic carbocycles. The van der Waals surface area contributed by atoms with E-state index in [0.717, 1.165) is 5.56 Å². The topological polar surface area (TPSA) is 184 Å². The van der Waals surface area contributed by atoms with Gasteiger partial charge in [-0.2, -0.15) is 0 Å². The Hall–Kier alpha value is -4.75. The number of hydrogen-bond donors (Lipinski definition) is 5. The molecule has 45 heavy (non-hydrogen) atoms. The lowest BCUT2D eigenvalue weighted by Gasteiger charge is -2.28. The fraction of sp³-hybridized carbons (Fsp3) is 0.516. The van der Waals surface area contributed by atoms with Gasteiger partial charge in [-0.1, -0.05) is 44.2 Å². The summed E-state index contributed by atoms with van der Waals surface area (Å²) in [5.74, 6) is -2.81. The van der Waals surface area contributed by atoms with E-state index >= 15 is 0 Å². The molecule has 1 aromatic carbocycles. The molecule has 1 aliphatic heterocycles. The van der Waals surface area contributed by atoms with Gasteiger partial charge in [0.15, 0.2) is 0 Å². The average molecular weight is 625 g/mol. The van der Waals surface area contributed by atoms with Crippen molar-refractivity contribution in [2.75, 3.05) is 20.1 Å². The Morgan fingerprint density at radius 1 is 1.02 bits per heavy atom. The summed E-state index contributed by atoms with van der Waals surface area (Å²) in [5, 5.41) is 13.6. The van der Waals surface area contributed by atoms with Crippen LogP contribution in [0, 0.1) is 12.8 Å². The molecule has 1 fully saturated rings. The minimum Gasteiger partial charge on any atom is -0.355 e. The van der Waals surface area contributed by atoms with Gasteiger partial charge in [-0.25, -0.2) is 4.98 Å². The number of imidazole rings is 1. The first-order valence-corrected chi connectivity index (χ1v) is 15.1. The summed E-state index contributed by atoms with van der Waals surface area (Å²) in [4.78, 5) is 84.3. The number of benzene rings is 1. The smallest absolute Gasteiger partial charge is 0.245 e. The number of amides is 6. The third kappa shape index (κ3) is 10.4. The Balaban J connectivity index is 1.82. The van der Waals surface area contributed by atoms with Gasteiger partial charge in [0.1, 0.15) is 36.5 Å². The molecular weight excluding hydrogens is 580 g/mol. The molecule has 14 heteroatoms. The Kier molecular flexibility index (Phi) is 12.6. The SMILES string of the molecule is Cc1nccn1CC(=O)N[C@H]1CCCNC(=O)CN(C)C(=O)[C@H](Cc2ccccc2)NC(=O)[C@@H](C)NC(=O)[C@@H](C(C)C)NC1=O. The summed E-state index contributed by atoms with van der Waals surface area (Å²) in [5.41, 5.74) is 0.803. The van der Waals surface area contributed by atoms with E-state index in [1.807, 2.05) is 30.3 Å². The first-order chi connectivity index (χ1) is 21.3. The number of rotatable bonds is 6. The van der Waals surface area contributed by atoms with Crippen LogP contribution < -0.4 is 26.6 Å². The minimum atomic E-state index is -1.05. The molecular formula is C31H44N8O6. The van der Waals surface area contributed by atoms with Crippen molar-refractivity contribution in [2.24, 2.45) is 5.92 Å². The third-order valence-electron chi connectivity index (χ3n) is 7.53. The van der Waals surface area contributed by atoms with Gasteiger partial charge in [-0.05, 0) is 38.2 Å². The molecule has 0 bridgehead atoms. The molecule has 0 saturated carbocycles. The van der Waals surface area contributed by atoms with E-state index in [1.54, 1.807) is 37.7 Å². The van der Waals surface area contributed by atoms with Crippen molar-refractivity contribution in [3.63, 3.8) is 0 Å². The van der Waals surface area contributed by atoms with E-state index < -0.39 is 59.6 Å². The Morgan fingerprint density at radius 3 is 2.38 bits per heavy atom. The highest BCUT2D eigenvalue weighted by atomic mass is 16.2. The van der Waals surface area contributed by atoms with Gasteiger partial charge >= 0.3 is 0 Å². The molecule has 244 valence electrons. The van der Waals surface area contributed by atoms with Gasteiger partial charge in [-0.15, -0.1) is 0 Å². The number of nitrogens with one attached hydrogen (secondary N) is 5. The highest BCUT2D eigenvalue weighted by Gasteiger charge is 2.32. The lowest BCUT2D eigenvalue weighted by atomic mass is 10.0. The molecule has 0 unspecified atom stereocenters. The summed E-state index contributed by atoms with van der Waals surface area (Å²) in [6, 6.07) is 5.06. The molecule has 1 aliphatic rings. The molecule has 0 spiro atoms. The number of aryl methyl sites for hydroxylation is 1. The lowest BCUT2D eigenvalue weighted by molar-refractivity contribution is -0.139. The second-order valence-corrected chi connectivity index (χ2v) is 11.6. The van der Waals surface area contributed by atoms with Crippen LogP contribution in [-0.4, -0.2) is 94.2 Å². The Morgan fingerprint density at radius 2 is 1.73 bits per heavy atom. The van der Waals surface area contributed by atoms with Crippen molar-refractivity contribution in [2.45, 2.75) is 77.7 Å². The van der Waals surface area contributed by atoms with Gasteiger partial charge in [0.25, 0.3) is 0 Å². The molecule has 3 rings (SSSR count). The van der Waals surface area contributed by atoms with E-state index in [4.69, 9.17) is 0 Å². The number of likely N-dealkylation sites (N-methyl/N-ethyl adjacent to an activating group) is 1. The lowest BCUT2D eigenvalue weighted by Crippen LogP contribution is -2.59. The normalized spacial score (nSPS) is 22.9. The maximum atomic E-state index is 13.4. The van der Waals surface area contributed by atoms with Gasteiger partial charge in [0.05, 0.1) is 6.54 Å². The summed E-state index contributed by atoms with van der Waals surface area (Å²) in [6.07, 6.45) is 3.89. The molecule has 4 atom stereocenters. The summed E-state index contributed by atoms with van der Waals surface area (Å²) in [7, 11) is 1.47. The van der Waals surface area contributed by atoms with Gasteiger partial charge in [0.2, 0.25) is 35.4 Å². The van der Waals surface area contributed by atoms with Gasteiger partial charge < -0.3 is 36.1 Å². The summed E-state index contributed by atoms with van der Waals surface area (Å²) >= 11 is 0. The Labute approximate surface area is 263 Å². The maximum absolute atomic E-state index is 13.4. The molecule has 2 aromatic rings. The van der Waals surface area contributed by atoms with E-state index in [-0.39, 0.29) is 38.4 Å². The molecule has 1 aromatic heterocycles. The highest BCUT2D eigenvalue weighted by molar-refractivity contribution is 5.96. The zero-order valence-corrected chi connectivity index (χ0v) is 26.5. The molecule has 0 radical (unpaired) electrons. The van der Waals surface area contributed by atoms with Crippen LogP contribution in [0.1, 0.15) is 45.0 Å². The van der Waals surface area contributed by atoms with Crippen LogP contribution in [0.25, 0.3) is 0 Å². The zero-order valence-electron chi connectivity index (χ0n) is 26.5. The van der Waals surface area contributed by atoms with Crippen molar-refractivity contribution in [1.82, 2.24) is 41.0 Å². The second kappa shape index (κ2) is 16.4. The predicted octanol–water partition coefficient (Wildman–Crippen LogP) is -0.582. The first-order valence-electron chi connectivity index (χ1n) is 15.1. The largest absolute Gasteiger partial charge is 0.355 e. The van der Waals surface area contributed by atoms with Gasteiger partial charge in [0, 0.05) is 32.4 Å². The van der Waals surface area contributed by atoms with E-state index in [1.165, 1.54) is 18.9 Å². The van der Waals surface area contributed by atoms with Crippen LogP contribution in [0.2, 0.25) is 0 Å². The van der Waals surface area contributed by atoms with E-state index in [9.17, 15) is 28.8 Å². The van der Waals surface area contributed by atoms with Crippen molar-refractivity contribution >= 4 is 35.4 Å². The molecule has 2 heterocycles. The fourth-order valence-corrected chi connectivity index (χ4v) is 4.89. The van der Waals surface area contributed by atoms with Crippen LogP contribution in [0.5, 0.6) is 0 Å². The monoisotopic (exact) mass is 624 g/mol. The number of carbonyl (C=O) groups is 6. The number of carbonyl (C=O) groups excluding carboxylic acids is 6. The molecule has 1 saturated heterocycles. The van der Waals surface area contributed by atoms with Crippen molar-refractivity contribution in [3.8, 4) is 0 Å². The van der Waals surface area contributed by atoms with Crippen molar-refractivity contribution in [1.29, 1.82) is 0 Å². The summed E-state index contributed by atoms with van der Waals surface area (Å²) < 4.78 is 1.63. The standard InChI is InChI=1S/C31H44N8O6/c1-19(2)27-30(44)34-20(3)28(42)36-24(16-22-10-7-6-8-11-22)31(45)38(5)17-25(40)33-13-9-12-23(29(43)37-27)35-26(41)18-39-15-14-32-21(39)4/h6-8,10-11,14-15,19-20,23-24,27H,9,12-13,16-18H2,1-5H3,(H,33,40)(H,34,44)(H,35,41)(H,36,42)(H,37,43)/t20-,23+,24+,27-/m1/s1. The molecule has 6 amide bonds. The average Bonchev–Trinajstić information content (AvgIpc) is 3.39. The number of nitrogens with zero attached hydrogens (tertiary/aromatic N) is 3. The van der Waals surface area contributed by atoms with Crippen molar-refractivity contribution < 1.29 is 28.8 Å². The van der Waals surface area contributed by atoms with Crippen LogP contribution in [0.15, 0.2) is 42.7 Å². The quantitative estimate of drug-likeness (QED) is 0.285. The van der Waals surface area contributed by atoms with Crippen LogP contribution in [0.4, 0.5) is 0 Å². The van der Waals surface area contributed by atoms with Gasteiger partial charge in [-0.3, -0.25) is 28.8 Å². The fourth-order valence-electron chi connectivity index (χ4n) is 4.89. The third-order valence-corrected chi connectivity index (χ3v) is 7.53.